The summed E-state index contributed by atoms with van der Waals surface area (Å²) in [6.07, 6.45) is 3.08. The van der Waals surface area contributed by atoms with Crippen molar-refractivity contribution in [3.63, 3.8) is 0 Å². The van der Waals surface area contributed by atoms with Crippen LogP contribution in [0, 0.1) is 11.7 Å². The van der Waals surface area contributed by atoms with Crippen molar-refractivity contribution in [1.82, 2.24) is 5.32 Å². The van der Waals surface area contributed by atoms with Gasteiger partial charge in [-0.05, 0) is 44.0 Å². The molecule has 0 bridgehead atoms. The lowest BCUT2D eigenvalue weighted by Crippen LogP contribution is -2.25. The summed E-state index contributed by atoms with van der Waals surface area (Å²) in [5.74, 6) is -0.283. The molecule has 108 valence electrons. The van der Waals surface area contributed by atoms with Gasteiger partial charge in [-0.15, -0.1) is 0 Å². The fourth-order valence-corrected chi connectivity index (χ4v) is 2.92. The molecule has 0 aliphatic carbocycles. The Morgan fingerprint density at radius 1 is 1.35 bits per heavy atom. The van der Waals surface area contributed by atoms with Crippen LogP contribution in [0.3, 0.4) is 0 Å². The SMILES string of the molecule is O=C(Nc1ccc(N2CCCC2)c(F)c1)C1CCNC1. The Kier molecular flexibility index (Phi) is 3.87. The summed E-state index contributed by atoms with van der Waals surface area (Å²) in [7, 11) is 0. The summed E-state index contributed by atoms with van der Waals surface area (Å²) in [5, 5.41) is 5.96. The zero-order valence-corrected chi connectivity index (χ0v) is 11.5. The van der Waals surface area contributed by atoms with E-state index in [9.17, 15) is 9.18 Å². The van der Waals surface area contributed by atoms with Crippen LogP contribution in [-0.2, 0) is 4.79 Å². The Morgan fingerprint density at radius 3 is 2.80 bits per heavy atom. The predicted octanol–water partition coefficient (Wildman–Crippen LogP) is 1.97. The van der Waals surface area contributed by atoms with Gasteiger partial charge in [0.25, 0.3) is 0 Å². The van der Waals surface area contributed by atoms with Gasteiger partial charge in [0.1, 0.15) is 5.82 Å². The number of carbonyl (C=O) groups excluding carboxylic acids is 1. The number of nitrogens with zero attached hydrogens (tertiary/aromatic N) is 1. The van der Waals surface area contributed by atoms with Crippen LogP contribution in [0.4, 0.5) is 15.8 Å². The molecule has 2 aliphatic heterocycles. The molecule has 2 fully saturated rings. The first-order valence-electron chi connectivity index (χ1n) is 7.30. The molecule has 0 aromatic heterocycles. The second-order valence-electron chi connectivity index (χ2n) is 5.54. The van der Waals surface area contributed by atoms with E-state index in [0.717, 1.165) is 38.9 Å². The van der Waals surface area contributed by atoms with Crippen molar-refractivity contribution >= 4 is 17.3 Å². The number of hydrogen-bond acceptors (Lipinski definition) is 3. The van der Waals surface area contributed by atoms with Gasteiger partial charge in [-0.3, -0.25) is 4.79 Å². The van der Waals surface area contributed by atoms with Crippen LogP contribution < -0.4 is 15.5 Å². The molecule has 20 heavy (non-hydrogen) atoms. The van der Waals surface area contributed by atoms with Crippen molar-refractivity contribution in [2.45, 2.75) is 19.3 Å². The largest absolute Gasteiger partial charge is 0.369 e. The lowest BCUT2D eigenvalue weighted by molar-refractivity contribution is -0.119. The van der Waals surface area contributed by atoms with E-state index in [2.05, 4.69) is 15.5 Å². The molecule has 1 unspecified atom stereocenters. The zero-order valence-electron chi connectivity index (χ0n) is 11.5. The quantitative estimate of drug-likeness (QED) is 0.888. The third kappa shape index (κ3) is 2.77. The predicted molar refractivity (Wildman–Crippen MR) is 77.5 cm³/mol. The highest BCUT2D eigenvalue weighted by molar-refractivity contribution is 5.93. The summed E-state index contributed by atoms with van der Waals surface area (Å²) in [6.45, 7) is 3.41. The van der Waals surface area contributed by atoms with Crippen molar-refractivity contribution in [2.75, 3.05) is 36.4 Å². The van der Waals surface area contributed by atoms with Crippen molar-refractivity contribution in [3.8, 4) is 0 Å². The molecule has 2 saturated heterocycles. The summed E-state index contributed by atoms with van der Waals surface area (Å²) < 4.78 is 14.1. The average molecular weight is 277 g/mol. The minimum Gasteiger partial charge on any atom is -0.369 e. The molecule has 1 aromatic rings. The molecular weight excluding hydrogens is 257 g/mol. The van der Waals surface area contributed by atoms with Gasteiger partial charge in [0.15, 0.2) is 0 Å². The maximum atomic E-state index is 14.1. The summed E-state index contributed by atoms with van der Waals surface area (Å²) in [5.41, 5.74) is 1.19. The monoisotopic (exact) mass is 277 g/mol. The van der Waals surface area contributed by atoms with Gasteiger partial charge in [-0.2, -0.15) is 0 Å². The molecular formula is C15H20FN3O. The number of rotatable bonds is 3. The van der Waals surface area contributed by atoms with Crippen molar-refractivity contribution in [1.29, 1.82) is 0 Å². The van der Waals surface area contributed by atoms with E-state index < -0.39 is 0 Å². The number of amides is 1. The topological polar surface area (TPSA) is 44.4 Å². The van der Waals surface area contributed by atoms with Crippen LogP contribution in [0.2, 0.25) is 0 Å². The second kappa shape index (κ2) is 5.79. The van der Waals surface area contributed by atoms with Crippen LogP contribution in [0.15, 0.2) is 18.2 Å². The molecule has 5 heteroatoms. The van der Waals surface area contributed by atoms with E-state index in [1.54, 1.807) is 12.1 Å². The smallest absolute Gasteiger partial charge is 0.228 e. The number of nitrogens with one attached hydrogen (secondary N) is 2. The number of carbonyl (C=O) groups is 1. The van der Waals surface area contributed by atoms with Gasteiger partial charge >= 0.3 is 0 Å². The van der Waals surface area contributed by atoms with E-state index in [0.29, 0.717) is 17.9 Å². The lowest BCUT2D eigenvalue weighted by atomic mass is 10.1. The lowest BCUT2D eigenvalue weighted by Gasteiger charge is -2.19. The van der Waals surface area contributed by atoms with Gasteiger partial charge in [-0.1, -0.05) is 0 Å². The van der Waals surface area contributed by atoms with Crippen LogP contribution in [0.1, 0.15) is 19.3 Å². The van der Waals surface area contributed by atoms with Gasteiger partial charge in [0.05, 0.1) is 11.6 Å². The highest BCUT2D eigenvalue weighted by atomic mass is 19.1. The van der Waals surface area contributed by atoms with Crippen LogP contribution >= 0.6 is 0 Å². The Labute approximate surface area is 118 Å². The number of benzene rings is 1. The molecule has 2 N–H and O–H groups in total. The highest BCUT2D eigenvalue weighted by Gasteiger charge is 2.23. The number of halogens is 1. The minimum absolute atomic E-state index is 0.00341. The molecule has 2 heterocycles. The first-order valence-corrected chi connectivity index (χ1v) is 7.30. The van der Waals surface area contributed by atoms with E-state index in [1.165, 1.54) is 6.07 Å². The van der Waals surface area contributed by atoms with Crippen molar-refractivity contribution in [3.05, 3.63) is 24.0 Å². The fraction of sp³-hybridized carbons (Fsp3) is 0.533. The zero-order chi connectivity index (χ0) is 13.9. The Hall–Kier alpha value is -1.62. The molecule has 0 saturated carbocycles. The molecule has 4 nitrogen and oxygen atoms in total. The van der Waals surface area contributed by atoms with Gasteiger partial charge in [0.2, 0.25) is 5.91 Å². The van der Waals surface area contributed by atoms with E-state index in [4.69, 9.17) is 0 Å². The van der Waals surface area contributed by atoms with E-state index in [-0.39, 0.29) is 17.6 Å². The van der Waals surface area contributed by atoms with Gasteiger partial charge in [0, 0.05) is 25.3 Å². The first kappa shape index (κ1) is 13.4. The van der Waals surface area contributed by atoms with E-state index >= 15 is 0 Å². The van der Waals surface area contributed by atoms with Crippen molar-refractivity contribution < 1.29 is 9.18 Å². The maximum Gasteiger partial charge on any atom is 0.228 e. The summed E-state index contributed by atoms with van der Waals surface area (Å²) in [6, 6.07) is 4.98. The number of anilines is 2. The third-order valence-corrected chi connectivity index (χ3v) is 4.09. The first-order chi connectivity index (χ1) is 9.74. The molecule has 0 spiro atoms. The maximum absolute atomic E-state index is 14.1. The number of hydrogen-bond donors (Lipinski definition) is 2. The van der Waals surface area contributed by atoms with Crippen molar-refractivity contribution in [2.24, 2.45) is 5.92 Å². The molecule has 3 rings (SSSR count). The standard InChI is InChI=1S/C15H20FN3O/c16-13-9-12(18-15(20)11-5-6-17-10-11)3-4-14(13)19-7-1-2-8-19/h3-4,9,11,17H,1-2,5-8,10H2,(H,18,20). The summed E-state index contributed by atoms with van der Waals surface area (Å²) in [4.78, 5) is 14.0. The average Bonchev–Trinajstić information content (AvgIpc) is 3.12. The fourth-order valence-electron chi connectivity index (χ4n) is 2.92. The highest BCUT2D eigenvalue weighted by Crippen LogP contribution is 2.26. The Morgan fingerprint density at radius 2 is 2.15 bits per heavy atom. The van der Waals surface area contributed by atoms with Crippen LogP contribution in [0.5, 0.6) is 0 Å². The normalized spacial score (nSPS) is 22.2. The molecule has 2 aliphatic rings. The van der Waals surface area contributed by atoms with Gasteiger partial charge in [-0.25, -0.2) is 4.39 Å². The minimum atomic E-state index is -0.255. The molecule has 1 amide bonds. The van der Waals surface area contributed by atoms with E-state index in [1.807, 2.05) is 0 Å². The van der Waals surface area contributed by atoms with Gasteiger partial charge < -0.3 is 15.5 Å². The van der Waals surface area contributed by atoms with Crippen LogP contribution in [0.25, 0.3) is 0 Å². The summed E-state index contributed by atoms with van der Waals surface area (Å²) >= 11 is 0. The molecule has 1 atom stereocenters. The molecule has 1 aromatic carbocycles. The third-order valence-electron chi connectivity index (χ3n) is 4.09. The second-order valence-corrected chi connectivity index (χ2v) is 5.54. The Balaban J connectivity index is 1.68. The Bertz CT molecular complexity index is 494. The van der Waals surface area contributed by atoms with Crippen LogP contribution in [-0.4, -0.2) is 32.1 Å². The molecule has 0 radical (unpaired) electrons.